The molecule has 0 aromatic heterocycles. The first-order chi connectivity index (χ1) is 11.8. The Morgan fingerprint density at radius 3 is 1.00 bits per heavy atom. The van der Waals surface area contributed by atoms with Gasteiger partial charge >= 0.3 is 33.7 Å². The Kier molecular flexibility index (Phi) is 9.48. The molecule has 0 amide bonds. The topological polar surface area (TPSA) is 201 Å². The SMILES string of the molecule is O=C(O)c1ccc(P(=O)([O-])[O-])cc1.O=C(O)c1ccc(P(=O)([O-])[O-])cc1.[Ti+4]. The predicted octanol–water partition coefficient (Wildman–Crippen LogP) is -2.15. The minimum absolute atomic E-state index is 0. The van der Waals surface area contributed by atoms with Gasteiger partial charge in [0.15, 0.2) is 0 Å². The van der Waals surface area contributed by atoms with E-state index in [1.807, 2.05) is 0 Å². The molecule has 2 rings (SSSR count). The number of carboxylic acid groups (broad SMARTS) is 2. The number of hydrogen-bond acceptors (Lipinski definition) is 8. The fourth-order valence-corrected chi connectivity index (χ4v) is 2.60. The van der Waals surface area contributed by atoms with E-state index in [0.29, 0.717) is 0 Å². The van der Waals surface area contributed by atoms with Crippen LogP contribution in [-0.2, 0) is 30.8 Å². The largest absolute Gasteiger partial charge is 4.00 e. The molecule has 0 radical (unpaired) electrons. The average Bonchev–Trinajstić information content (AvgIpc) is 2.54. The molecule has 27 heavy (non-hydrogen) atoms. The minimum Gasteiger partial charge on any atom is -0.807 e. The Morgan fingerprint density at radius 1 is 0.630 bits per heavy atom. The predicted molar refractivity (Wildman–Crippen MR) is 81.3 cm³/mol. The first-order valence-electron chi connectivity index (χ1n) is 6.54. The van der Waals surface area contributed by atoms with Crippen LogP contribution in [0.5, 0.6) is 0 Å². The van der Waals surface area contributed by atoms with Crippen molar-refractivity contribution in [1.82, 2.24) is 0 Å². The summed E-state index contributed by atoms with van der Waals surface area (Å²) in [5.74, 6) is -2.34. The van der Waals surface area contributed by atoms with E-state index in [9.17, 15) is 38.3 Å². The Hall–Kier alpha value is -1.61. The zero-order chi connectivity index (χ0) is 20.1. The molecule has 2 N–H and O–H groups in total. The monoisotopic (exact) mass is 448 g/mol. The summed E-state index contributed by atoms with van der Waals surface area (Å²) in [4.78, 5) is 62.4. The summed E-state index contributed by atoms with van der Waals surface area (Å²) in [6.45, 7) is 0. The van der Waals surface area contributed by atoms with Gasteiger partial charge in [-0.05, 0) is 50.1 Å². The summed E-state index contributed by atoms with van der Waals surface area (Å²) < 4.78 is 20.9. The van der Waals surface area contributed by atoms with Crippen LogP contribution in [0, 0.1) is 0 Å². The number of hydrogen-bond donors (Lipinski definition) is 2. The number of benzene rings is 2. The van der Waals surface area contributed by atoms with Gasteiger partial charge < -0.3 is 38.9 Å². The molecule has 0 heterocycles. The van der Waals surface area contributed by atoms with Gasteiger partial charge in [0.25, 0.3) is 0 Å². The number of aromatic carboxylic acids is 2. The molecule has 0 unspecified atom stereocenters. The molecule has 10 nitrogen and oxygen atoms in total. The van der Waals surface area contributed by atoms with Gasteiger partial charge in [-0.25, -0.2) is 9.59 Å². The Bertz CT molecular complexity index is 808. The summed E-state index contributed by atoms with van der Waals surface area (Å²) in [7, 11) is -9.52. The van der Waals surface area contributed by atoms with Gasteiger partial charge in [-0.3, -0.25) is 0 Å². The van der Waals surface area contributed by atoms with E-state index in [2.05, 4.69) is 0 Å². The Labute approximate surface area is 167 Å². The van der Waals surface area contributed by atoms with Crippen LogP contribution in [0.4, 0.5) is 0 Å². The third-order valence-corrected chi connectivity index (χ3v) is 4.72. The van der Waals surface area contributed by atoms with Crippen molar-refractivity contribution in [1.29, 1.82) is 0 Å². The first kappa shape index (κ1) is 25.4. The molecule has 0 atom stereocenters. The minimum atomic E-state index is -4.76. The summed E-state index contributed by atoms with van der Waals surface area (Å²) in [6, 6.07) is 8.18. The second-order valence-corrected chi connectivity index (χ2v) is 7.72. The van der Waals surface area contributed by atoms with Crippen molar-refractivity contribution in [3.05, 3.63) is 59.7 Å². The van der Waals surface area contributed by atoms with Crippen LogP contribution in [0.25, 0.3) is 0 Å². The van der Waals surface area contributed by atoms with Crippen molar-refractivity contribution in [3.8, 4) is 0 Å². The zero-order valence-electron chi connectivity index (χ0n) is 13.2. The Balaban J connectivity index is 0.000000483. The average molecular weight is 448 g/mol. The van der Waals surface area contributed by atoms with Gasteiger partial charge in [0.2, 0.25) is 0 Å². The summed E-state index contributed by atoms with van der Waals surface area (Å²) in [5, 5.41) is 16.1. The van der Waals surface area contributed by atoms with Crippen molar-refractivity contribution in [2.24, 2.45) is 0 Å². The second kappa shape index (κ2) is 10.1. The van der Waals surface area contributed by atoms with Crippen molar-refractivity contribution >= 4 is 37.7 Å². The summed E-state index contributed by atoms with van der Waals surface area (Å²) in [6.07, 6.45) is 0. The molecule has 2 aromatic rings. The van der Waals surface area contributed by atoms with E-state index in [1.165, 1.54) is 0 Å². The molecule has 0 bridgehead atoms. The van der Waals surface area contributed by atoms with Crippen LogP contribution in [0.2, 0.25) is 0 Å². The van der Waals surface area contributed by atoms with Crippen molar-refractivity contribution < 1.29 is 70.2 Å². The first-order valence-corrected chi connectivity index (χ1v) is 9.63. The standard InChI is InChI=1S/2C7H7O5P.Ti/c2*8-7(9)5-1-3-6(4-2-5)13(10,11)12;/h2*1-4H,(H,8,9)(H2,10,11,12);/q;;+4/p-4. The van der Waals surface area contributed by atoms with E-state index >= 15 is 0 Å². The third-order valence-electron chi connectivity index (χ3n) is 2.86. The molecule has 0 aliphatic heterocycles. The number of carboxylic acids is 2. The smallest absolute Gasteiger partial charge is 0.807 e. The molecule has 0 spiro atoms. The molecule has 0 fully saturated rings. The fraction of sp³-hybridized carbons (Fsp3) is 0. The number of carbonyl (C=O) groups is 2. The fourth-order valence-electron chi connectivity index (χ4n) is 1.57. The van der Waals surface area contributed by atoms with Crippen LogP contribution >= 0.6 is 15.2 Å². The molecular formula is C14H10O10P2Ti. The molecule has 0 aliphatic rings. The van der Waals surface area contributed by atoms with Crippen LogP contribution in [-0.4, -0.2) is 22.2 Å². The second-order valence-electron chi connectivity index (χ2n) is 4.70. The van der Waals surface area contributed by atoms with E-state index in [1.54, 1.807) is 0 Å². The molecule has 140 valence electrons. The van der Waals surface area contributed by atoms with Gasteiger partial charge in [-0.1, -0.05) is 24.3 Å². The maximum absolute atomic E-state index is 10.4. The molecule has 0 saturated heterocycles. The van der Waals surface area contributed by atoms with Crippen LogP contribution < -0.4 is 30.2 Å². The van der Waals surface area contributed by atoms with Crippen molar-refractivity contribution in [3.63, 3.8) is 0 Å². The number of rotatable bonds is 4. The van der Waals surface area contributed by atoms with Gasteiger partial charge in [0, 0.05) is 0 Å². The van der Waals surface area contributed by atoms with Gasteiger partial charge in [0.05, 0.1) is 11.1 Å². The van der Waals surface area contributed by atoms with E-state index < -0.39 is 37.7 Å². The molecule has 13 heteroatoms. The molecule has 0 saturated carbocycles. The van der Waals surface area contributed by atoms with Crippen molar-refractivity contribution in [2.45, 2.75) is 0 Å². The molecule has 0 aliphatic carbocycles. The van der Waals surface area contributed by atoms with E-state index in [-0.39, 0.29) is 32.8 Å². The van der Waals surface area contributed by atoms with Crippen LogP contribution in [0.3, 0.4) is 0 Å². The summed E-state index contributed by atoms with van der Waals surface area (Å²) in [5.41, 5.74) is -0.116. The summed E-state index contributed by atoms with van der Waals surface area (Å²) >= 11 is 0. The van der Waals surface area contributed by atoms with Gasteiger partial charge in [-0.2, -0.15) is 0 Å². The molecular weight excluding hydrogens is 438 g/mol. The van der Waals surface area contributed by atoms with Crippen LogP contribution in [0.15, 0.2) is 48.5 Å². The zero-order valence-corrected chi connectivity index (χ0v) is 16.5. The normalized spacial score (nSPS) is 10.8. The quantitative estimate of drug-likeness (QED) is 0.384. The van der Waals surface area contributed by atoms with E-state index in [0.717, 1.165) is 48.5 Å². The van der Waals surface area contributed by atoms with E-state index in [4.69, 9.17) is 10.2 Å². The third kappa shape index (κ3) is 8.30. The Morgan fingerprint density at radius 2 is 0.852 bits per heavy atom. The maximum Gasteiger partial charge on any atom is 4.00 e. The maximum atomic E-state index is 10.4. The van der Waals surface area contributed by atoms with Crippen molar-refractivity contribution in [2.75, 3.05) is 0 Å². The van der Waals surface area contributed by atoms with Crippen LogP contribution in [0.1, 0.15) is 20.7 Å². The van der Waals surface area contributed by atoms with Gasteiger partial charge in [0.1, 0.15) is 0 Å². The van der Waals surface area contributed by atoms with Gasteiger partial charge in [-0.15, -0.1) is 0 Å². The molecule has 2 aromatic carbocycles.